The standard InChI is InChI=1S/C9H7.Ir/c1-2-5-9-7-3-6-8(9)4-1;/h1,3-5,7H,6H2;. The Morgan fingerprint density at radius 2 is 2.20 bits per heavy atom. The molecule has 0 heterocycles. The normalized spacial score (nSPS) is 13.8. The van der Waals surface area contributed by atoms with Crippen LogP contribution in [0.3, 0.4) is 0 Å². The molecule has 1 aliphatic rings. The summed E-state index contributed by atoms with van der Waals surface area (Å²) in [5.74, 6) is 0. The van der Waals surface area contributed by atoms with Crippen molar-refractivity contribution < 1.29 is 18.9 Å². The summed E-state index contributed by atoms with van der Waals surface area (Å²) in [6.45, 7) is 0. The zero-order chi connectivity index (χ0) is 6.97. The van der Waals surface area contributed by atoms with Crippen molar-refractivity contribution in [3.8, 4) is 0 Å². The minimum atomic E-state index is 1.12. The summed E-state index contributed by atoms with van der Waals surface area (Å²) in [6.07, 6.45) is 5.53. The Morgan fingerprint density at radius 3 is 3.10 bits per heavy atom. The number of hydrogen-bond donors (Lipinski definition) is 0. The molecule has 1 aromatic rings. The Kier molecular flexibility index (Phi) is 1.48. The van der Waals surface area contributed by atoms with Gasteiger partial charge in [0.1, 0.15) is 0 Å². The fourth-order valence-corrected chi connectivity index (χ4v) is 1.78. The Balaban J connectivity index is 2.60. The van der Waals surface area contributed by atoms with Crippen LogP contribution in [0.15, 0.2) is 24.3 Å². The Labute approximate surface area is 71.1 Å². The van der Waals surface area contributed by atoms with Crippen molar-refractivity contribution in [3.05, 3.63) is 35.4 Å². The fraction of sp³-hybridized carbons (Fsp3) is 0.111. The second-order valence-electron chi connectivity index (χ2n) is 2.42. The molecule has 1 heteroatoms. The van der Waals surface area contributed by atoms with E-state index in [2.05, 4.69) is 49.3 Å². The third-order valence-corrected chi connectivity index (χ3v) is 2.47. The van der Waals surface area contributed by atoms with Gasteiger partial charge < -0.3 is 0 Å². The van der Waals surface area contributed by atoms with Gasteiger partial charge in [-0.25, -0.2) is 0 Å². The van der Waals surface area contributed by atoms with E-state index in [1.807, 2.05) is 0 Å². The fourth-order valence-electron chi connectivity index (χ4n) is 1.21. The van der Waals surface area contributed by atoms with E-state index in [9.17, 15) is 0 Å². The molecule has 0 atom stereocenters. The summed E-state index contributed by atoms with van der Waals surface area (Å²) in [6, 6.07) is 6.62. The van der Waals surface area contributed by atoms with E-state index < -0.39 is 0 Å². The number of fused-ring (bicyclic) bond motifs is 1. The molecule has 0 aliphatic heterocycles. The van der Waals surface area contributed by atoms with Crippen molar-refractivity contribution in [3.63, 3.8) is 0 Å². The molecule has 52 valence electrons. The SMILES string of the molecule is [Ir][c]1ccc2c(c1)C=CC2. The second kappa shape index (κ2) is 2.34. The van der Waals surface area contributed by atoms with Crippen LogP contribution in [0.5, 0.6) is 0 Å². The van der Waals surface area contributed by atoms with Crippen molar-refractivity contribution in [1.82, 2.24) is 0 Å². The molecule has 0 bridgehead atoms. The first kappa shape index (κ1) is 6.33. The van der Waals surface area contributed by atoms with E-state index in [-0.39, 0.29) is 0 Å². The van der Waals surface area contributed by atoms with Crippen LogP contribution in [0, 0.1) is 0 Å². The predicted octanol–water partition coefficient (Wildman–Crippen LogP) is 1.43. The molecule has 0 saturated heterocycles. The average Bonchev–Trinajstić information content (AvgIpc) is 2.33. The average molecular weight is 307 g/mol. The van der Waals surface area contributed by atoms with Crippen LogP contribution in [0.25, 0.3) is 6.08 Å². The molecule has 0 N–H and O–H groups in total. The molecule has 1 aliphatic carbocycles. The third kappa shape index (κ3) is 0.960. The van der Waals surface area contributed by atoms with Crippen molar-refractivity contribution in [1.29, 1.82) is 0 Å². The number of allylic oxidation sites excluding steroid dienone is 1. The first-order chi connectivity index (χ1) is 4.86. The Bertz CT molecular complexity index is 287. The van der Waals surface area contributed by atoms with Gasteiger partial charge in [-0.1, -0.05) is 0 Å². The maximum atomic E-state index is 2.23. The van der Waals surface area contributed by atoms with Gasteiger partial charge in [0, 0.05) is 0 Å². The summed E-state index contributed by atoms with van der Waals surface area (Å²) < 4.78 is 1.35. The molecule has 0 aromatic heterocycles. The maximum absolute atomic E-state index is 2.23. The molecule has 0 spiro atoms. The Hall–Kier alpha value is -0.391. The monoisotopic (exact) mass is 308 g/mol. The number of benzene rings is 1. The van der Waals surface area contributed by atoms with Crippen LogP contribution < -0.4 is 4.08 Å². The van der Waals surface area contributed by atoms with Crippen LogP contribution in [0.1, 0.15) is 11.1 Å². The van der Waals surface area contributed by atoms with Gasteiger partial charge in [-0.15, -0.1) is 0 Å². The zero-order valence-electron chi connectivity index (χ0n) is 5.43. The van der Waals surface area contributed by atoms with Gasteiger partial charge in [-0.3, -0.25) is 0 Å². The van der Waals surface area contributed by atoms with Gasteiger partial charge in [0.25, 0.3) is 0 Å². The molecule has 0 radical (unpaired) electrons. The summed E-state index contributed by atoms with van der Waals surface area (Å²) in [5.41, 5.74) is 2.87. The summed E-state index contributed by atoms with van der Waals surface area (Å²) in [7, 11) is 0. The molecular weight excluding hydrogens is 300 g/mol. The van der Waals surface area contributed by atoms with Crippen LogP contribution in [0.4, 0.5) is 0 Å². The molecule has 1 aromatic carbocycles. The van der Waals surface area contributed by atoms with Gasteiger partial charge in [0.05, 0.1) is 0 Å². The summed E-state index contributed by atoms with van der Waals surface area (Å²) in [5, 5.41) is 0. The second-order valence-corrected chi connectivity index (χ2v) is 3.81. The van der Waals surface area contributed by atoms with Crippen molar-refractivity contribution in [2.24, 2.45) is 0 Å². The van der Waals surface area contributed by atoms with Crippen molar-refractivity contribution in [2.45, 2.75) is 6.42 Å². The predicted molar refractivity (Wildman–Crippen MR) is 38.8 cm³/mol. The van der Waals surface area contributed by atoms with E-state index in [0.717, 1.165) is 6.42 Å². The zero-order valence-corrected chi connectivity index (χ0v) is 7.82. The van der Waals surface area contributed by atoms with E-state index in [0.29, 0.717) is 0 Å². The van der Waals surface area contributed by atoms with Crippen LogP contribution in [-0.4, -0.2) is 0 Å². The number of rotatable bonds is 0. The topological polar surface area (TPSA) is 0 Å². The molecule has 0 saturated carbocycles. The summed E-state index contributed by atoms with van der Waals surface area (Å²) >= 11 is 2.13. The van der Waals surface area contributed by atoms with Crippen molar-refractivity contribution in [2.75, 3.05) is 0 Å². The third-order valence-electron chi connectivity index (χ3n) is 1.73. The van der Waals surface area contributed by atoms with Crippen LogP contribution in [-0.2, 0) is 25.3 Å². The molecule has 0 fully saturated rings. The van der Waals surface area contributed by atoms with E-state index >= 15 is 0 Å². The molecule has 0 amide bonds. The van der Waals surface area contributed by atoms with Crippen LogP contribution in [0.2, 0.25) is 0 Å². The van der Waals surface area contributed by atoms with Gasteiger partial charge in [0.15, 0.2) is 0 Å². The van der Waals surface area contributed by atoms with E-state index in [4.69, 9.17) is 0 Å². The van der Waals surface area contributed by atoms with Gasteiger partial charge >= 0.3 is 70.9 Å². The first-order valence-electron chi connectivity index (χ1n) is 3.29. The van der Waals surface area contributed by atoms with Crippen molar-refractivity contribution >= 4 is 10.2 Å². The molecule has 2 rings (SSSR count). The van der Waals surface area contributed by atoms with Gasteiger partial charge in [-0.05, 0) is 0 Å². The minimum absolute atomic E-state index is 1.12. The molecule has 10 heavy (non-hydrogen) atoms. The van der Waals surface area contributed by atoms with Gasteiger partial charge in [0.2, 0.25) is 0 Å². The molecule has 0 nitrogen and oxygen atoms in total. The van der Waals surface area contributed by atoms with Crippen LogP contribution >= 0.6 is 0 Å². The van der Waals surface area contributed by atoms with Gasteiger partial charge in [-0.2, -0.15) is 0 Å². The Morgan fingerprint density at radius 1 is 1.30 bits per heavy atom. The summed E-state index contributed by atoms with van der Waals surface area (Å²) in [4.78, 5) is 0. The quantitative estimate of drug-likeness (QED) is 0.680. The van der Waals surface area contributed by atoms with E-state index in [1.54, 1.807) is 0 Å². The first-order valence-corrected chi connectivity index (χ1v) is 4.49. The molecular formula is C9H7Ir. The molecule has 0 unspecified atom stereocenters. The van der Waals surface area contributed by atoms with E-state index in [1.165, 1.54) is 15.2 Å². The number of hydrogen-bond acceptors (Lipinski definition) is 0.